The number of aliphatic hydroxyl groups excluding tert-OH is 1. The Morgan fingerprint density at radius 2 is 1.60 bits per heavy atom. The van der Waals surface area contributed by atoms with E-state index in [0.717, 1.165) is 27.8 Å². The van der Waals surface area contributed by atoms with E-state index in [1.54, 1.807) is 7.11 Å². The average molecular weight is 264 g/mol. The van der Waals surface area contributed by atoms with E-state index in [2.05, 4.69) is 30.3 Å². The molecule has 3 rings (SSSR count). The van der Waals surface area contributed by atoms with Crippen LogP contribution in [0.5, 0.6) is 5.75 Å². The van der Waals surface area contributed by atoms with E-state index in [1.807, 2.05) is 30.3 Å². The van der Waals surface area contributed by atoms with Crippen molar-refractivity contribution in [1.82, 2.24) is 0 Å². The molecule has 0 bridgehead atoms. The zero-order valence-corrected chi connectivity index (χ0v) is 11.3. The van der Waals surface area contributed by atoms with Crippen molar-refractivity contribution in [2.75, 3.05) is 7.11 Å². The summed E-state index contributed by atoms with van der Waals surface area (Å²) in [6.45, 7) is 0.0681. The topological polar surface area (TPSA) is 29.5 Å². The summed E-state index contributed by atoms with van der Waals surface area (Å²) in [5, 5.41) is 11.6. The summed E-state index contributed by atoms with van der Waals surface area (Å²) in [7, 11) is 1.68. The Balaban J connectivity index is 2.08. The lowest BCUT2D eigenvalue weighted by atomic mass is 10.00. The Kier molecular flexibility index (Phi) is 3.40. The van der Waals surface area contributed by atoms with Crippen molar-refractivity contribution in [2.45, 2.75) is 6.61 Å². The lowest BCUT2D eigenvalue weighted by Gasteiger charge is -2.07. The third-order valence-electron chi connectivity index (χ3n) is 3.49. The van der Waals surface area contributed by atoms with Crippen LogP contribution in [0.3, 0.4) is 0 Å². The Morgan fingerprint density at radius 3 is 2.40 bits per heavy atom. The Bertz CT molecular complexity index is 747. The first-order valence-corrected chi connectivity index (χ1v) is 6.58. The van der Waals surface area contributed by atoms with Gasteiger partial charge in [0.2, 0.25) is 0 Å². The van der Waals surface area contributed by atoms with Crippen LogP contribution in [0.2, 0.25) is 0 Å². The SMILES string of the molecule is COc1ccc2cc(-c3cccc(CO)c3)ccc2c1. The van der Waals surface area contributed by atoms with Crippen LogP contribution in [0, 0.1) is 0 Å². The minimum absolute atomic E-state index is 0.0681. The molecule has 0 aliphatic carbocycles. The summed E-state index contributed by atoms with van der Waals surface area (Å²) in [6.07, 6.45) is 0. The number of rotatable bonds is 3. The summed E-state index contributed by atoms with van der Waals surface area (Å²) < 4.78 is 5.24. The Morgan fingerprint density at radius 1 is 0.850 bits per heavy atom. The second-order valence-corrected chi connectivity index (χ2v) is 4.79. The van der Waals surface area contributed by atoms with Crippen LogP contribution in [0.25, 0.3) is 21.9 Å². The van der Waals surface area contributed by atoms with Gasteiger partial charge in [-0.25, -0.2) is 0 Å². The zero-order chi connectivity index (χ0) is 13.9. The third kappa shape index (κ3) is 2.38. The molecule has 0 heterocycles. The van der Waals surface area contributed by atoms with Crippen molar-refractivity contribution in [3.05, 3.63) is 66.2 Å². The molecule has 0 aliphatic rings. The van der Waals surface area contributed by atoms with E-state index in [0.29, 0.717) is 0 Å². The number of ether oxygens (including phenoxy) is 1. The summed E-state index contributed by atoms with van der Waals surface area (Å²) in [4.78, 5) is 0. The molecule has 0 aromatic heterocycles. The highest BCUT2D eigenvalue weighted by atomic mass is 16.5. The first-order valence-electron chi connectivity index (χ1n) is 6.58. The number of benzene rings is 3. The summed E-state index contributed by atoms with van der Waals surface area (Å²) >= 11 is 0. The fourth-order valence-corrected chi connectivity index (χ4v) is 2.38. The number of methoxy groups -OCH3 is 1. The molecule has 3 aromatic rings. The van der Waals surface area contributed by atoms with Crippen LogP contribution in [0.4, 0.5) is 0 Å². The van der Waals surface area contributed by atoms with Gasteiger partial charge in [0.1, 0.15) is 5.75 Å². The monoisotopic (exact) mass is 264 g/mol. The van der Waals surface area contributed by atoms with Crippen LogP contribution in [-0.4, -0.2) is 12.2 Å². The van der Waals surface area contributed by atoms with Gasteiger partial charge in [-0.2, -0.15) is 0 Å². The molecule has 20 heavy (non-hydrogen) atoms. The van der Waals surface area contributed by atoms with Gasteiger partial charge in [-0.15, -0.1) is 0 Å². The van der Waals surface area contributed by atoms with Gasteiger partial charge in [-0.05, 0) is 51.7 Å². The maximum atomic E-state index is 9.22. The number of hydrogen-bond acceptors (Lipinski definition) is 2. The van der Waals surface area contributed by atoms with Crippen LogP contribution in [-0.2, 0) is 6.61 Å². The van der Waals surface area contributed by atoms with Gasteiger partial charge >= 0.3 is 0 Å². The van der Waals surface area contributed by atoms with Crippen molar-refractivity contribution < 1.29 is 9.84 Å². The van der Waals surface area contributed by atoms with E-state index in [-0.39, 0.29) is 6.61 Å². The molecule has 0 unspecified atom stereocenters. The quantitative estimate of drug-likeness (QED) is 0.774. The first kappa shape index (κ1) is 12.7. The second kappa shape index (κ2) is 5.35. The molecule has 0 spiro atoms. The van der Waals surface area contributed by atoms with E-state index in [4.69, 9.17) is 4.74 Å². The molecule has 0 amide bonds. The highest BCUT2D eigenvalue weighted by molar-refractivity contribution is 5.88. The predicted octanol–water partition coefficient (Wildman–Crippen LogP) is 4.01. The highest BCUT2D eigenvalue weighted by Gasteiger charge is 2.02. The van der Waals surface area contributed by atoms with Gasteiger partial charge in [-0.3, -0.25) is 0 Å². The molecule has 0 atom stereocenters. The molecule has 2 heteroatoms. The minimum Gasteiger partial charge on any atom is -0.497 e. The van der Waals surface area contributed by atoms with E-state index < -0.39 is 0 Å². The van der Waals surface area contributed by atoms with Gasteiger partial charge in [0.15, 0.2) is 0 Å². The van der Waals surface area contributed by atoms with Gasteiger partial charge in [0.05, 0.1) is 13.7 Å². The molecule has 0 aliphatic heterocycles. The molecule has 3 aromatic carbocycles. The van der Waals surface area contributed by atoms with Crippen molar-refractivity contribution >= 4 is 10.8 Å². The van der Waals surface area contributed by atoms with E-state index >= 15 is 0 Å². The van der Waals surface area contributed by atoms with Crippen molar-refractivity contribution in [3.63, 3.8) is 0 Å². The van der Waals surface area contributed by atoms with Crippen molar-refractivity contribution in [2.24, 2.45) is 0 Å². The van der Waals surface area contributed by atoms with Gasteiger partial charge < -0.3 is 9.84 Å². The maximum Gasteiger partial charge on any atom is 0.119 e. The summed E-state index contributed by atoms with van der Waals surface area (Å²) in [5.74, 6) is 0.868. The van der Waals surface area contributed by atoms with Gasteiger partial charge in [0, 0.05) is 0 Å². The number of aliphatic hydroxyl groups is 1. The van der Waals surface area contributed by atoms with E-state index in [1.165, 1.54) is 5.39 Å². The van der Waals surface area contributed by atoms with Crippen LogP contribution in [0.15, 0.2) is 60.7 Å². The van der Waals surface area contributed by atoms with Crippen LogP contribution >= 0.6 is 0 Å². The molecule has 0 fully saturated rings. The molecule has 2 nitrogen and oxygen atoms in total. The number of fused-ring (bicyclic) bond motifs is 1. The van der Waals surface area contributed by atoms with E-state index in [9.17, 15) is 5.11 Å². The Labute approximate surface area is 118 Å². The highest BCUT2D eigenvalue weighted by Crippen LogP contribution is 2.27. The minimum atomic E-state index is 0.0681. The third-order valence-corrected chi connectivity index (χ3v) is 3.49. The smallest absolute Gasteiger partial charge is 0.119 e. The van der Waals surface area contributed by atoms with Gasteiger partial charge in [-0.1, -0.05) is 36.4 Å². The largest absolute Gasteiger partial charge is 0.497 e. The fourth-order valence-electron chi connectivity index (χ4n) is 2.38. The predicted molar refractivity (Wildman–Crippen MR) is 81.9 cm³/mol. The lowest BCUT2D eigenvalue weighted by Crippen LogP contribution is -1.85. The summed E-state index contributed by atoms with van der Waals surface area (Å²) in [5.41, 5.74) is 3.20. The number of hydrogen-bond donors (Lipinski definition) is 1. The average Bonchev–Trinajstić information content (AvgIpc) is 2.54. The molecule has 0 radical (unpaired) electrons. The standard InChI is InChI=1S/C18H16O2/c1-20-18-8-7-16-10-15(5-6-17(16)11-18)14-4-2-3-13(9-14)12-19/h2-11,19H,12H2,1H3. The summed E-state index contributed by atoms with van der Waals surface area (Å²) in [6, 6.07) is 20.4. The van der Waals surface area contributed by atoms with Crippen molar-refractivity contribution in [3.8, 4) is 16.9 Å². The molecule has 0 saturated carbocycles. The fraction of sp³-hybridized carbons (Fsp3) is 0.111. The van der Waals surface area contributed by atoms with Crippen molar-refractivity contribution in [1.29, 1.82) is 0 Å². The second-order valence-electron chi connectivity index (χ2n) is 4.79. The molecule has 1 N–H and O–H groups in total. The zero-order valence-electron chi connectivity index (χ0n) is 11.3. The van der Waals surface area contributed by atoms with Crippen LogP contribution < -0.4 is 4.74 Å². The lowest BCUT2D eigenvalue weighted by molar-refractivity contribution is 0.282. The maximum absolute atomic E-state index is 9.22. The molecule has 0 saturated heterocycles. The molecule has 100 valence electrons. The molecular formula is C18H16O2. The van der Waals surface area contributed by atoms with Gasteiger partial charge in [0.25, 0.3) is 0 Å². The van der Waals surface area contributed by atoms with Crippen LogP contribution in [0.1, 0.15) is 5.56 Å². The molecular weight excluding hydrogens is 248 g/mol. The Hall–Kier alpha value is -2.32. The normalized spacial score (nSPS) is 10.7. The first-order chi connectivity index (χ1) is 9.80.